The third-order valence-corrected chi connectivity index (χ3v) is 6.89. The summed E-state index contributed by atoms with van der Waals surface area (Å²) >= 11 is 0. The maximum atomic E-state index is 9.70. The summed E-state index contributed by atoms with van der Waals surface area (Å²) in [6, 6.07) is 10.6. The molecule has 1 N–H and O–H groups in total. The summed E-state index contributed by atoms with van der Waals surface area (Å²) in [6.07, 6.45) is 23.9. The minimum Gasteiger partial charge on any atom is -0.390 e. The smallest absolute Gasteiger partial charge is 0.223 e. The highest BCUT2D eigenvalue weighted by atomic mass is 16.3. The lowest BCUT2D eigenvalue weighted by molar-refractivity contribution is -0.848. The van der Waals surface area contributed by atoms with Crippen molar-refractivity contribution in [1.29, 1.82) is 0 Å². The molecule has 1 aliphatic rings. The Labute approximate surface area is 198 Å². The minimum absolute atomic E-state index is 0.207. The van der Waals surface area contributed by atoms with Gasteiger partial charge in [-0.25, -0.2) is 4.99 Å². The molecule has 0 aromatic heterocycles. The number of benzene rings is 1. The second kappa shape index (κ2) is 17.1. The van der Waals surface area contributed by atoms with Gasteiger partial charge in [-0.05, 0) is 12.8 Å². The maximum Gasteiger partial charge on any atom is 0.223 e. The second-order valence-electron chi connectivity index (χ2n) is 9.63. The van der Waals surface area contributed by atoms with E-state index < -0.39 is 0 Å². The Kier molecular flexibility index (Phi) is 14.3. The highest BCUT2D eigenvalue weighted by Crippen LogP contribution is 2.21. The molecule has 1 unspecified atom stereocenters. The van der Waals surface area contributed by atoms with Crippen LogP contribution in [-0.4, -0.2) is 41.7 Å². The predicted octanol–water partition coefficient (Wildman–Crippen LogP) is 7.45. The van der Waals surface area contributed by atoms with E-state index in [2.05, 4.69) is 49.4 Å². The van der Waals surface area contributed by atoms with E-state index in [0.29, 0.717) is 0 Å². The molecule has 1 aromatic rings. The quantitative estimate of drug-likeness (QED) is 0.175. The molecule has 0 fully saturated rings. The van der Waals surface area contributed by atoms with Crippen LogP contribution in [0.2, 0.25) is 0 Å². The number of nitrogens with zero attached hydrogens (tertiary/aromatic N) is 2. The van der Waals surface area contributed by atoms with Crippen LogP contribution in [0.15, 0.2) is 47.5 Å². The monoisotopic (exact) mass is 441 g/mol. The van der Waals surface area contributed by atoms with Gasteiger partial charge in [0, 0.05) is 11.6 Å². The zero-order chi connectivity index (χ0) is 22.7. The van der Waals surface area contributed by atoms with Crippen molar-refractivity contribution in [3.05, 3.63) is 48.0 Å². The summed E-state index contributed by atoms with van der Waals surface area (Å²) in [5, 5.41) is 9.70. The standard InChI is InChI=1S/C29H49N2O/c1-2-3-4-5-6-7-8-9-10-11-12-13-14-15-19-22-29-30-23-24-31(29,25-26-32)27-28-20-17-16-18-21-28/h16-22,32H,2-15,23-27H2,1H3/q+1. The van der Waals surface area contributed by atoms with Crippen LogP contribution in [0.1, 0.15) is 102 Å². The molecule has 2 rings (SSSR count). The molecule has 3 heteroatoms. The van der Waals surface area contributed by atoms with E-state index in [4.69, 9.17) is 4.99 Å². The summed E-state index contributed by atoms with van der Waals surface area (Å²) in [7, 11) is 0. The van der Waals surface area contributed by atoms with E-state index in [0.717, 1.165) is 42.9 Å². The number of quaternary nitrogens is 1. The van der Waals surface area contributed by atoms with Gasteiger partial charge >= 0.3 is 0 Å². The Balaban J connectivity index is 1.56. The lowest BCUT2D eigenvalue weighted by Gasteiger charge is -2.33. The number of hydrogen-bond acceptors (Lipinski definition) is 2. The molecule has 0 spiro atoms. The Bertz CT molecular complexity index is 640. The van der Waals surface area contributed by atoms with Gasteiger partial charge in [0.1, 0.15) is 19.6 Å². The number of aliphatic hydroxyl groups is 1. The molecule has 1 aliphatic heterocycles. The van der Waals surface area contributed by atoms with Crippen LogP contribution >= 0.6 is 0 Å². The molecule has 3 nitrogen and oxygen atoms in total. The van der Waals surface area contributed by atoms with E-state index >= 15 is 0 Å². The van der Waals surface area contributed by atoms with E-state index in [9.17, 15) is 5.11 Å². The van der Waals surface area contributed by atoms with Gasteiger partial charge in [-0.3, -0.25) is 4.48 Å². The summed E-state index contributed by atoms with van der Waals surface area (Å²) in [4.78, 5) is 4.80. The molecule has 0 radical (unpaired) electrons. The van der Waals surface area contributed by atoms with Crippen LogP contribution in [-0.2, 0) is 6.54 Å². The highest BCUT2D eigenvalue weighted by molar-refractivity contribution is 5.88. The van der Waals surface area contributed by atoms with Crippen LogP contribution in [0.3, 0.4) is 0 Å². The fourth-order valence-corrected chi connectivity index (χ4v) is 4.89. The van der Waals surface area contributed by atoms with Crippen LogP contribution in [0, 0.1) is 0 Å². The Morgan fingerprint density at radius 2 is 1.44 bits per heavy atom. The molecule has 0 aliphatic carbocycles. The Morgan fingerprint density at radius 1 is 0.844 bits per heavy atom. The topological polar surface area (TPSA) is 32.6 Å². The van der Waals surface area contributed by atoms with Crippen molar-refractivity contribution in [2.45, 2.75) is 103 Å². The molecule has 0 amide bonds. The first kappa shape index (κ1) is 26.8. The van der Waals surface area contributed by atoms with Crippen molar-refractivity contribution in [3.63, 3.8) is 0 Å². The van der Waals surface area contributed by atoms with E-state index in [-0.39, 0.29) is 6.61 Å². The van der Waals surface area contributed by atoms with Gasteiger partial charge in [0.05, 0.1) is 13.2 Å². The number of rotatable bonds is 19. The van der Waals surface area contributed by atoms with Crippen molar-refractivity contribution < 1.29 is 9.59 Å². The number of hydrogen-bond donors (Lipinski definition) is 1. The summed E-state index contributed by atoms with van der Waals surface area (Å²) in [5.74, 6) is 1.15. The highest BCUT2D eigenvalue weighted by Gasteiger charge is 2.36. The van der Waals surface area contributed by atoms with Gasteiger partial charge in [-0.2, -0.15) is 0 Å². The van der Waals surface area contributed by atoms with E-state index in [1.54, 1.807) is 0 Å². The molecule has 32 heavy (non-hydrogen) atoms. The average Bonchev–Trinajstić information content (AvgIpc) is 3.19. The minimum atomic E-state index is 0.207. The third-order valence-electron chi connectivity index (χ3n) is 6.89. The summed E-state index contributed by atoms with van der Waals surface area (Å²) in [5.41, 5.74) is 1.32. The number of amidine groups is 1. The van der Waals surface area contributed by atoms with Crippen molar-refractivity contribution in [3.8, 4) is 0 Å². The van der Waals surface area contributed by atoms with Gasteiger partial charge < -0.3 is 5.11 Å². The first-order chi connectivity index (χ1) is 15.8. The van der Waals surface area contributed by atoms with E-state index in [1.165, 1.54) is 89.0 Å². The molecule has 0 saturated carbocycles. The van der Waals surface area contributed by atoms with Gasteiger partial charge in [0.25, 0.3) is 0 Å². The fourth-order valence-electron chi connectivity index (χ4n) is 4.89. The van der Waals surface area contributed by atoms with Crippen LogP contribution in [0.5, 0.6) is 0 Å². The number of aliphatic hydroxyl groups excluding tert-OH is 1. The van der Waals surface area contributed by atoms with Crippen LogP contribution in [0.25, 0.3) is 0 Å². The Hall–Kier alpha value is -1.45. The molecule has 1 aromatic carbocycles. The molecular weight excluding hydrogens is 392 g/mol. The average molecular weight is 442 g/mol. The number of allylic oxidation sites excluding steroid dienone is 1. The van der Waals surface area contributed by atoms with Crippen LogP contribution < -0.4 is 0 Å². The lowest BCUT2D eigenvalue weighted by Crippen LogP contribution is -2.51. The largest absolute Gasteiger partial charge is 0.390 e. The molecule has 1 heterocycles. The van der Waals surface area contributed by atoms with Crippen molar-refractivity contribution in [2.75, 3.05) is 26.2 Å². The predicted molar refractivity (Wildman–Crippen MR) is 139 cm³/mol. The first-order valence-corrected chi connectivity index (χ1v) is 13.5. The molecule has 0 saturated heterocycles. The third kappa shape index (κ3) is 10.4. The maximum absolute atomic E-state index is 9.70. The van der Waals surface area contributed by atoms with E-state index in [1.807, 2.05) is 0 Å². The SMILES string of the molecule is CCCCCCCCCCCCCCCC=CC1=NCC[N+]1(CCO)Cc1ccccc1. The molecular formula is C29H49N2O+. The van der Waals surface area contributed by atoms with Crippen molar-refractivity contribution in [1.82, 2.24) is 0 Å². The van der Waals surface area contributed by atoms with Gasteiger partial charge in [0.15, 0.2) is 0 Å². The molecule has 1 atom stereocenters. The zero-order valence-electron chi connectivity index (χ0n) is 20.8. The summed E-state index contributed by atoms with van der Waals surface area (Å²) in [6.45, 7) is 6.02. The van der Waals surface area contributed by atoms with Gasteiger partial charge in [0.2, 0.25) is 5.84 Å². The second-order valence-corrected chi connectivity index (χ2v) is 9.63. The normalized spacial score (nSPS) is 18.5. The lowest BCUT2D eigenvalue weighted by atomic mass is 10.0. The van der Waals surface area contributed by atoms with Crippen LogP contribution in [0.4, 0.5) is 0 Å². The van der Waals surface area contributed by atoms with Gasteiger partial charge in [-0.1, -0.05) is 120 Å². The summed E-state index contributed by atoms with van der Waals surface area (Å²) < 4.78 is 0.787. The number of unbranched alkanes of at least 4 members (excludes halogenated alkanes) is 13. The van der Waals surface area contributed by atoms with Gasteiger partial charge in [-0.15, -0.1) is 0 Å². The number of aliphatic imine (C=N–C) groups is 1. The first-order valence-electron chi connectivity index (χ1n) is 13.5. The van der Waals surface area contributed by atoms with Crippen molar-refractivity contribution in [2.24, 2.45) is 4.99 Å². The fraction of sp³-hybridized carbons (Fsp3) is 0.690. The Morgan fingerprint density at radius 3 is 2.03 bits per heavy atom. The van der Waals surface area contributed by atoms with Crippen molar-refractivity contribution >= 4 is 5.84 Å². The molecule has 180 valence electrons. The zero-order valence-corrected chi connectivity index (χ0v) is 20.8. The molecule has 0 bridgehead atoms.